The third-order valence-electron chi connectivity index (χ3n) is 2.89. The van der Waals surface area contributed by atoms with Gasteiger partial charge in [0.15, 0.2) is 5.13 Å². The van der Waals surface area contributed by atoms with Crippen molar-refractivity contribution in [2.75, 3.05) is 31.2 Å². The SMILES string of the molecule is CCC(N)Cc1sc(N2CCOCC2)nc1Cl. The average molecular weight is 276 g/mol. The molecule has 0 spiro atoms. The van der Waals surface area contributed by atoms with E-state index in [2.05, 4.69) is 16.8 Å². The fourth-order valence-corrected chi connectivity index (χ4v) is 3.14. The lowest BCUT2D eigenvalue weighted by Gasteiger charge is -2.25. The number of hydrogen-bond acceptors (Lipinski definition) is 5. The van der Waals surface area contributed by atoms with Gasteiger partial charge in [0, 0.05) is 30.4 Å². The molecule has 1 fully saturated rings. The fourth-order valence-electron chi connectivity index (χ4n) is 1.72. The van der Waals surface area contributed by atoms with Gasteiger partial charge in [-0.05, 0) is 6.42 Å². The van der Waals surface area contributed by atoms with Crippen molar-refractivity contribution in [3.8, 4) is 0 Å². The fraction of sp³-hybridized carbons (Fsp3) is 0.727. The number of rotatable bonds is 4. The van der Waals surface area contributed by atoms with E-state index in [0.29, 0.717) is 5.15 Å². The van der Waals surface area contributed by atoms with E-state index in [0.717, 1.165) is 49.2 Å². The lowest BCUT2D eigenvalue weighted by atomic mass is 10.1. The Morgan fingerprint density at radius 3 is 2.88 bits per heavy atom. The van der Waals surface area contributed by atoms with Crippen molar-refractivity contribution in [1.82, 2.24) is 4.98 Å². The lowest BCUT2D eigenvalue weighted by Crippen LogP contribution is -2.36. The molecule has 2 N–H and O–H groups in total. The van der Waals surface area contributed by atoms with Crippen LogP contribution in [0.5, 0.6) is 0 Å². The number of aromatic nitrogens is 1. The maximum atomic E-state index is 6.15. The van der Waals surface area contributed by atoms with Crippen molar-refractivity contribution in [1.29, 1.82) is 0 Å². The highest BCUT2D eigenvalue weighted by atomic mass is 35.5. The molecular formula is C11H18ClN3OS. The van der Waals surface area contributed by atoms with E-state index in [9.17, 15) is 0 Å². The molecule has 6 heteroatoms. The normalized spacial score (nSPS) is 18.4. The topological polar surface area (TPSA) is 51.4 Å². The van der Waals surface area contributed by atoms with E-state index < -0.39 is 0 Å². The highest BCUT2D eigenvalue weighted by Crippen LogP contribution is 2.31. The Morgan fingerprint density at radius 1 is 1.53 bits per heavy atom. The molecule has 0 radical (unpaired) electrons. The molecule has 2 heterocycles. The Kier molecular flexibility index (Phi) is 4.62. The smallest absolute Gasteiger partial charge is 0.187 e. The monoisotopic (exact) mass is 275 g/mol. The molecule has 96 valence electrons. The zero-order chi connectivity index (χ0) is 12.3. The summed E-state index contributed by atoms with van der Waals surface area (Å²) in [6, 6.07) is 0.172. The summed E-state index contributed by atoms with van der Waals surface area (Å²) in [5.74, 6) is 0. The molecule has 2 rings (SSSR count). The minimum absolute atomic E-state index is 0.172. The van der Waals surface area contributed by atoms with Crippen LogP contribution in [0.1, 0.15) is 18.2 Å². The number of anilines is 1. The van der Waals surface area contributed by atoms with Crippen LogP contribution in [-0.2, 0) is 11.2 Å². The van der Waals surface area contributed by atoms with Gasteiger partial charge in [0.05, 0.1) is 13.2 Å². The Labute approximate surface area is 111 Å². The van der Waals surface area contributed by atoms with Gasteiger partial charge in [-0.2, -0.15) is 0 Å². The van der Waals surface area contributed by atoms with Gasteiger partial charge in [0.25, 0.3) is 0 Å². The minimum atomic E-state index is 0.172. The second-order valence-corrected chi connectivity index (χ2v) is 5.60. The van der Waals surface area contributed by atoms with Crippen LogP contribution in [0, 0.1) is 0 Å². The molecular weight excluding hydrogens is 258 g/mol. The van der Waals surface area contributed by atoms with Crippen molar-refractivity contribution < 1.29 is 4.74 Å². The van der Waals surface area contributed by atoms with E-state index in [1.807, 2.05) is 0 Å². The van der Waals surface area contributed by atoms with Gasteiger partial charge >= 0.3 is 0 Å². The van der Waals surface area contributed by atoms with Crippen molar-refractivity contribution in [3.05, 3.63) is 10.0 Å². The first-order valence-electron chi connectivity index (χ1n) is 5.94. The highest BCUT2D eigenvalue weighted by Gasteiger charge is 2.18. The third kappa shape index (κ3) is 3.31. The van der Waals surface area contributed by atoms with E-state index in [4.69, 9.17) is 22.1 Å². The number of ether oxygens (including phenoxy) is 1. The van der Waals surface area contributed by atoms with Crippen LogP contribution >= 0.6 is 22.9 Å². The van der Waals surface area contributed by atoms with Crippen LogP contribution in [-0.4, -0.2) is 37.3 Å². The quantitative estimate of drug-likeness (QED) is 0.912. The molecule has 1 atom stereocenters. The van der Waals surface area contributed by atoms with E-state index in [-0.39, 0.29) is 6.04 Å². The van der Waals surface area contributed by atoms with Gasteiger partial charge in [0.2, 0.25) is 0 Å². The van der Waals surface area contributed by atoms with Crippen LogP contribution in [0.2, 0.25) is 5.15 Å². The highest BCUT2D eigenvalue weighted by molar-refractivity contribution is 7.16. The zero-order valence-corrected chi connectivity index (χ0v) is 11.6. The maximum Gasteiger partial charge on any atom is 0.187 e. The van der Waals surface area contributed by atoms with Crippen LogP contribution < -0.4 is 10.6 Å². The summed E-state index contributed by atoms with van der Waals surface area (Å²) >= 11 is 7.81. The standard InChI is InChI=1S/C11H18ClN3OS/c1-2-8(13)7-9-10(12)14-11(17-9)15-3-5-16-6-4-15/h8H,2-7,13H2,1H3. The van der Waals surface area contributed by atoms with Crippen LogP contribution in [0.15, 0.2) is 0 Å². The average Bonchev–Trinajstić information content (AvgIpc) is 2.72. The molecule has 1 aromatic heterocycles. The van der Waals surface area contributed by atoms with E-state index in [1.54, 1.807) is 11.3 Å². The van der Waals surface area contributed by atoms with Crippen molar-refractivity contribution in [2.24, 2.45) is 5.73 Å². The van der Waals surface area contributed by atoms with E-state index >= 15 is 0 Å². The molecule has 1 aromatic rings. The zero-order valence-electron chi connectivity index (χ0n) is 9.99. The molecule has 17 heavy (non-hydrogen) atoms. The van der Waals surface area contributed by atoms with Crippen LogP contribution in [0.25, 0.3) is 0 Å². The Balaban J connectivity index is 2.06. The molecule has 1 saturated heterocycles. The maximum absolute atomic E-state index is 6.15. The molecule has 0 aromatic carbocycles. The summed E-state index contributed by atoms with van der Waals surface area (Å²) in [4.78, 5) is 7.74. The van der Waals surface area contributed by atoms with Crippen LogP contribution in [0.3, 0.4) is 0 Å². The Hall–Kier alpha value is -0.360. The molecule has 0 bridgehead atoms. The summed E-state index contributed by atoms with van der Waals surface area (Å²) in [7, 11) is 0. The largest absolute Gasteiger partial charge is 0.378 e. The van der Waals surface area contributed by atoms with Gasteiger partial charge in [-0.3, -0.25) is 0 Å². The number of nitrogens with zero attached hydrogens (tertiary/aromatic N) is 2. The first-order chi connectivity index (χ1) is 8.20. The van der Waals surface area contributed by atoms with Crippen molar-refractivity contribution >= 4 is 28.1 Å². The summed E-state index contributed by atoms with van der Waals surface area (Å²) < 4.78 is 5.32. The predicted molar refractivity (Wildman–Crippen MR) is 72.1 cm³/mol. The van der Waals surface area contributed by atoms with Gasteiger partial charge in [-0.25, -0.2) is 4.98 Å². The summed E-state index contributed by atoms with van der Waals surface area (Å²) in [5, 5.41) is 1.61. The number of halogens is 1. The van der Waals surface area contributed by atoms with Crippen molar-refractivity contribution in [2.45, 2.75) is 25.8 Å². The first kappa shape index (κ1) is 13.1. The summed E-state index contributed by atoms with van der Waals surface area (Å²) in [6.07, 6.45) is 1.78. The number of thiazole rings is 1. The Bertz CT molecular complexity index is 366. The predicted octanol–water partition coefficient (Wildman–Crippen LogP) is 1.91. The molecule has 4 nitrogen and oxygen atoms in total. The molecule has 0 aliphatic carbocycles. The van der Waals surface area contributed by atoms with Crippen molar-refractivity contribution in [3.63, 3.8) is 0 Å². The van der Waals surface area contributed by atoms with Gasteiger partial charge in [0.1, 0.15) is 5.15 Å². The molecule has 0 amide bonds. The molecule has 1 aliphatic rings. The second kappa shape index (κ2) is 6.00. The molecule has 1 unspecified atom stereocenters. The number of morpholine rings is 1. The molecule has 0 saturated carbocycles. The van der Waals surface area contributed by atoms with Gasteiger partial charge in [-0.1, -0.05) is 18.5 Å². The van der Waals surface area contributed by atoms with Gasteiger partial charge in [-0.15, -0.1) is 11.3 Å². The summed E-state index contributed by atoms with van der Waals surface area (Å²) in [6.45, 7) is 5.40. The number of nitrogens with two attached hydrogens (primary N) is 1. The first-order valence-corrected chi connectivity index (χ1v) is 7.13. The third-order valence-corrected chi connectivity index (χ3v) is 4.46. The molecule has 1 aliphatic heterocycles. The number of hydrogen-bond donors (Lipinski definition) is 1. The van der Waals surface area contributed by atoms with Gasteiger partial charge < -0.3 is 15.4 Å². The second-order valence-electron chi connectivity index (χ2n) is 4.18. The van der Waals surface area contributed by atoms with E-state index in [1.165, 1.54) is 0 Å². The minimum Gasteiger partial charge on any atom is -0.378 e. The summed E-state index contributed by atoms with van der Waals surface area (Å²) in [5.41, 5.74) is 5.95. The van der Waals surface area contributed by atoms with Crippen LogP contribution in [0.4, 0.5) is 5.13 Å². The lowest BCUT2D eigenvalue weighted by molar-refractivity contribution is 0.122. The Morgan fingerprint density at radius 2 is 2.24 bits per heavy atom.